The Hall–Kier alpha value is -2.82. The SMILES string of the molecule is CC1=NC(N2C[C@@H](C)O[C@@H](C)C2)=S(c2cccc(F)c2F)C1(C=O)C(O)[Si](c1ccccc1)(c1ccccc1)C(C)(C)C. The minimum atomic E-state index is -3.39. The fourth-order valence-electron chi connectivity index (χ4n) is 7.02. The number of hydrogen-bond acceptors (Lipinski definition) is 5. The minimum absolute atomic E-state index is 0.0338. The van der Waals surface area contributed by atoms with Gasteiger partial charge in [0.05, 0.1) is 17.9 Å². The largest absolute Gasteiger partial charge is 0.393 e. The van der Waals surface area contributed by atoms with E-state index in [1.807, 2.05) is 79.4 Å². The summed E-state index contributed by atoms with van der Waals surface area (Å²) >= 11 is 0. The number of aliphatic hydroxyl groups is 1. The third-order valence-corrected chi connectivity index (χ3v) is 17.9. The molecule has 5 nitrogen and oxygen atoms in total. The summed E-state index contributed by atoms with van der Waals surface area (Å²) in [6.45, 7) is 12.9. The Morgan fingerprint density at radius 3 is 2.00 bits per heavy atom. The number of hydrogen-bond donors (Lipinski definition) is 1. The van der Waals surface area contributed by atoms with Crippen LogP contribution in [0.1, 0.15) is 41.5 Å². The van der Waals surface area contributed by atoms with Crippen LogP contribution in [0.2, 0.25) is 5.04 Å². The lowest BCUT2D eigenvalue weighted by Gasteiger charge is -2.52. The molecule has 0 aliphatic carbocycles. The Morgan fingerprint density at radius 2 is 1.51 bits per heavy atom. The molecule has 3 aromatic carbocycles. The average molecular weight is 623 g/mol. The summed E-state index contributed by atoms with van der Waals surface area (Å²) in [6, 6.07) is 23.8. The lowest BCUT2D eigenvalue weighted by molar-refractivity contribution is -0.109. The zero-order valence-corrected chi connectivity index (χ0v) is 27.4. The molecule has 2 aliphatic heterocycles. The highest BCUT2D eigenvalue weighted by molar-refractivity contribution is 8.18. The van der Waals surface area contributed by atoms with Crippen molar-refractivity contribution in [2.75, 3.05) is 13.1 Å². The van der Waals surface area contributed by atoms with Crippen LogP contribution < -0.4 is 10.4 Å². The fourth-order valence-corrected chi connectivity index (χ4v) is 16.4. The molecule has 1 fully saturated rings. The number of rotatable bonds is 6. The predicted octanol–water partition coefficient (Wildman–Crippen LogP) is 5.16. The lowest BCUT2D eigenvalue weighted by Crippen LogP contribution is -2.77. The molecule has 0 bridgehead atoms. The standard InChI is InChI=1S/C34H40F2N2O3SSi/c1-23-20-38(21-24(2)41-23)32-37-25(3)34(22-39,42(32)29-19-13-18-28(35)30(29)36)31(40)43(33(4,5)6,26-14-9-7-10-15-26)27-16-11-8-12-17-27/h7-19,22-24,31,40H,20-21H2,1-6H3/t23-,24+,31?,34?,42?. The number of nitrogens with zero attached hydrogens (tertiary/aromatic N) is 2. The second-order valence-corrected chi connectivity index (χ2v) is 19.5. The second kappa shape index (κ2) is 11.9. The van der Waals surface area contributed by atoms with E-state index in [1.54, 1.807) is 6.92 Å². The van der Waals surface area contributed by atoms with E-state index in [1.165, 1.54) is 12.1 Å². The van der Waals surface area contributed by atoms with Gasteiger partial charge in [-0.15, -0.1) is 0 Å². The number of morpholine rings is 1. The quantitative estimate of drug-likeness (QED) is 0.234. The Labute approximate surface area is 256 Å². The molecular weight excluding hydrogens is 583 g/mol. The summed E-state index contributed by atoms with van der Waals surface area (Å²) in [7, 11) is -4.87. The van der Waals surface area contributed by atoms with Crippen molar-refractivity contribution in [1.82, 2.24) is 4.90 Å². The number of benzene rings is 3. The van der Waals surface area contributed by atoms with Gasteiger partial charge < -0.3 is 14.6 Å². The number of carbonyl (C=O) groups is 1. The molecule has 3 unspecified atom stereocenters. The van der Waals surface area contributed by atoms with E-state index in [0.717, 1.165) is 22.7 Å². The van der Waals surface area contributed by atoms with E-state index in [9.17, 15) is 14.3 Å². The molecule has 2 aliphatic rings. The summed E-state index contributed by atoms with van der Waals surface area (Å²) in [5, 5.41) is 15.1. The first-order valence-corrected chi connectivity index (χ1v) is 18.0. The van der Waals surface area contributed by atoms with Gasteiger partial charge in [0.2, 0.25) is 0 Å². The van der Waals surface area contributed by atoms with Crippen molar-refractivity contribution in [2.45, 2.75) is 74.2 Å². The van der Waals surface area contributed by atoms with Crippen molar-refractivity contribution in [1.29, 1.82) is 0 Å². The van der Waals surface area contributed by atoms with Gasteiger partial charge in [0.15, 0.2) is 19.7 Å². The van der Waals surface area contributed by atoms with Crippen molar-refractivity contribution >= 4 is 46.0 Å². The van der Waals surface area contributed by atoms with Crippen molar-refractivity contribution in [2.24, 2.45) is 4.99 Å². The highest BCUT2D eigenvalue weighted by Crippen LogP contribution is 2.53. The number of aliphatic imine (C=N–C) groups is 1. The molecule has 0 radical (unpaired) electrons. The zero-order chi connectivity index (χ0) is 31.2. The lowest BCUT2D eigenvalue weighted by atomic mass is 10.1. The van der Waals surface area contributed by atoms with Gasteiger partial charge in [0, 0.05) is 23.7 Å². The molecule has 0 aromatic heterocycles. The second-order valence-electron chi connectivity index (χ2n) is 12.6. The van der Waals surface area contributed by atoms with Gasteiger partial charge in [0.25, 0.3) is 0 Å². The van der Waals surface area contributed by atoms with Crippen LogP contribution in [0.15, 0.2) is 88.8 Å². The van der Waals surface area contributed by atoms with Crippen LogP contribution >= 0.6 is 10.5 Å². The number of aldehydes is 1. The monoisotopic (exact) mass is 622 g/mol. The molecule has 43 heavy (non-hydrogen) atoms. The van der Waals surface area contributed by atoms with Crippen LogP contribution in [0.5, 0.6) is 0 Å². The van der Waals surface area contributed by atoms with Gasteiger partial charge in [0.1, 0.15) is 16.1 Å². The van der Waals surface area contributed by atoms with Crippen LogP contribution in [0.25, 0.3) is 0 Å². The number of ether oxygens (including phenoxy) is 1. The Balaban J connectivity index is 1.89. The van der Waals surface area contributed by atoms with Crippen molar-refractivity contribution in [3.05, 3.63) is 90.5 Å². The molecule has 9 heteroatoms. The molecule has 5 atom stereocenters. The molecule has 0 saturated carbocycles. The summed E-state index contributed by atoms with van der Waals surface area (Å²) in [4.78, 5) is 20.9. The van der Waals surface area contributed by atoms with Gasteiger partial charge in [-0.05, 0) is 37.9 Å². The first-order chi connectivity index (χ1) is 20.4. The predicted molar refractivity (Wildman–Crippen MR) is 174 cm³/mol. The fraction of sp³-hybridized carbons (Fsp3) is 0.382. The number of aliphatic hydroxyl groups excluding tert-OH is 1. The summed E-state index contributed by atoms with van der Waals surface area (Å²) in [5.41, 5.74) is -0.887. The van der Waals surface area contributed by atoms with Gasteiger partial charge in [-0.25, -0.2) is 18.7 Å². The van der Waals surface area contributed by atoms with Crippen molar-refractivity contribution < 1.29 is 23.4 Å². The van der Waals surface area contributed by atoms with Crippen molar-refractivity contribution in [3.8, 4) is 0 Å². The van der Waals surface area contributed by atoms with E-state index < -0.39 is 45.7 Å². The molecule has 5 rings (SSSR count). The average Bonchev–Trinajstić information content (AvgIpc) is 3.27. The molecule has 0 spiro atoms. The maximum Gasteiger partial charge on any atom is 0.172 e. The third kappa shape index (κ3) is 5.09. The van der Waals surface area contributed by atoms with Crippen molar-refractivity contribution in [3.63, 3.8) is 0 Å². The van der Waals surface area contributed by atoms with E-state index in [-0.39, 0.29) is 17.1 Å². The molecule has 228 valence electrons. The third-order valence-electron chi connectivity index (χ3n) is 8.81. The summed E-state index contributed by atoms with van der Waals surface area (Å²) in [6.07, 6.45) is 0.494. The normalized spacial score (nSPS) is 25.8. The van der Waals surface area contributed by atoms with E-state index >= 15 is 4.39 Å². The molecule has 0 amide bonds. The van der Waals surface area contributed by atoms with E-state index in [2.05, 4.69) is 20.8 Å². The van der Waals surface area contributed by atoms with Gasteiger partial charge >= 0.3 is 0 Å². The zero-order valence-electron chi connectivity index (χ0n) is 25.6. The topological polar surface area (TPSA) is 62.1 Å². The highest BCUT2D eigenvalue weighted by Gasteiger charge is 2.64. The summed E-state index contributed by atoms with van der Waals surface area (Å²) < 4.78 is 35.2. The van der Waals surface area contributed by atoms with Crippen LogP contribution in [-0.4, -0.2) is 71.0 Å². The minimum Gasteiger partial charge on any atom is -0.393 e. The van der Waals surface area contributed by atoms with Crippen LogP contribution in [-0.2, 0) is 9.53 Å². The number of halogens is 2. The maximum atomic E-state index is 15.9. The van der Waals surface area contributed by atoms with E-state index in [0.29, 0.717) is 23.9 Å². The smallest absolute Gasteiger partial charge is 0.172 e. The van der Waals surface area contributed by atoms with Crippen LogP contribution in [0, 0.1) is 11.6 Å². The number of carbonyl (C=O) groups excluding carboxylic acids is 1. The summed E-state index contributed by atoms with van der Waals surface area (Å²) in [5.74, 6) is -2.03. The first kappa shape index (κ1) is 31.6. The van der Waals surface area contributed by atoms with Gasteiger partial charge in [-0.3, -0.25) is 0 Å². The molecular formula is C34H40F2N2O3SSi. The van der Waals surface area contributed by atoms with Gasteiger partial charge in [-0.2, -0.15) is 0 Å². The van der Waals surface area contributed by atoms with Gasteiger partial charge in [-0.1, -0.05) is 108 Å². The molecule has 3 aromatic rings. The Morgan fingerprint density at radius 1 is 0.977 bits per heavy atom. The molecule has 2 heterocycles. The van der Waals surface area contributed by atoms with Crippen LogP contribution in [0.3, 0.4) is 0 Å². The van der Waals surface area contributed by atoms with E-state index in [4.69, 9.17) is 9.73 Å². The van der Waals surface area contributed by atoms with Crippen LogP contribution in [0.4, 0.5) is 8.78 Å². The Kier molecular flexibility index (Phi) is 8.77. The highest BCUT2D eigenvalue weighted by atomic mass is 32.2. The molecule has 1 N–H and O–H groups in total. The Bertz CT molecular complexity index is 1510. The molecule has 1 saturated heterocycles. The first-order valence-electron chi connectivity index (χ1n) is 14.7. The maximum absolute atomic E-state index is 15.9.